The van der Waals surface area contributed by atoms with Crippen molar-refractivity contribution in [2.45, 2.75) is 33.1 Å². The number of hydrogen-bond acceptors (Lipinski definition) is 6. The van der Waals surface area contributed by atoms with Crippen molar-refractivity contribution in [3.8, 4) is 5.75 Å². The molecule has 1 unspecified atom stereocenters. The summed E-state index contributed by atoms with van der Waals surface area (Å²) in [5.41, 5.74) is 3.83. The van der Waals surface area contributed by atoms with Gasteiger partial charge in [0.1, 0.15) is 11.6 Å². The topological polar surface area (TPSA) is 73.6 Å². The first-order valence-electron chi connectivity index (χ1n) is 8.70. The van der Waals surface area contributed by atoms with E-state index in [2.05, 4.69) is 27.3 Å². The third-order valence-electron chi connectivity index (χ3n) is 4.41. The molecule has 0 spiro atoms. The van der Waals surface area contributed by atoms with E-state index in [4.69, 9.17) is 9.47 Å². The number of hydrogen-bond donors (Lipinski definition) is 1. The van der Waals surface area contributed by atoms with E-state index in [0.717, 1.165) is 34.6 Å². The first-order chi connectivity index (χ1) is 12.6. The third kappa shape index (κ3) is 3.48. The normalized spacial score (nSPS) is 12.3. The number of benzene rings is 1. The first kappa shape index (κ1) is 18.1. The van der Waals surface area contributed by atoms with Gasteiger partial charge in [0.05, 0.1) is 25.6 Å². The van der Waals surface area contributed by atoms with Crippen LogP contribution in [0.1, 0.15) is 36.2 Å². The molecule has 1 aromatic carbocycles. The van der Waals surface area contributed by atoms with Crippen LogP contribution in [0.15, 0.2) is 24.4 Å². The molecular formula is C19H25N5O2. The summed E-state index contributed by atoms with van der Waals surface area (Å²) in [6.45, 7) is 6.68. The molecule has 138 valence electrons. The lowest BCUT2D eigenvalue weighted by atomic mass is 10.0. The van der Waals surface area contributed by atoms with Crippen molar-refractivity contribution in [2.24, 2.45) is 0 Å². The van der Waals surface area contributed by atoms with Gasteiger partial charge in [-0.15, -0.1) is 0 Å². The SMILES string of the molecule is CCC(COC)c1cnn2c(Nc3ccc(C)cc3OC)nc(C)nc12. The van der Waals surface area contributed by atoms with E-state index in [1.165, 1.54) is 0 Å². The molecule has 0 saturated carbocycles. The van der Waals surface area contributed by atoms with Crippen molar-refractivity contribution in [2.75, 3.05) is 26.1 Å². The van der Waals surface area contributed by atoms with Crippen LogP contribution in [0.2, 0.25) is 0 Å². The molecule has 1 N–H and O–H groups in total. The Balaban J connectivity index is 2.06. The zero-order valence-corrected chi connectivity index (χ0v) is 15.9. The van der Waals surface area contributed by atoms with Crippen LogP contribution in [-0.4, -0.2) is 40.4 Å². The van der Waals surface area contributed by atoms with Gasteiger partial charge in [-0.05, 0) is 38.0 Å². The smallest absolute Gasteiger partial charge is 0.232 e. The van der Waals surface area contributed by atoms with Crippen molar-refractivity contribution in [3.63, 3.8) is 0 Å². The second kappa shape index (κ2) is 7.70. The van der Waals surface area contributed by atoms with E-state index < -0.39 is 0 Å². The number of nitrogens with one attached hydrogen (secondary N) is 1. The Hall–Kier alpha value is -2.67. The highest BCUT2D eigenvalue weighted by Gasteiger charge is 2.19. The molecule has 0 amide bonds. The van der Waals surface area contributed by atoms with Crippen molar-refractivity contribution < 1.29 is 9.47 Å². The summed E-state index contributed by atoms with van der Waals surface area (Å²) >= 11 is 0. The molecule has 0 bridgehead atoms. The average molecular weight is 355 g/mol. The minimum Gasteiger partial charge on any atom is -0.495 e. The Morgan fingerprint density at radius 1 is 1.19 bits per heavy atom. The minimum absolute atomic E-state index is 0.244. The summed E-state index contributed by atoms with van der Waals surface area (Å²) < 4.78 is 12.6. The maximum Gasteiger partial charge on any atom is 0.232 e. The van der Waals surface area contributed by atoms with Gasteiger partial charge in [-0.2, -0.15) is 14.6 Å². The number of anilines is 2. The Morgan fingerprint density at radius 3 is 2.69 bits per heavy atom. The number of nitrogens with zero attached hydrogens (tertiary/aromatic N) is 4. The lowest BCUT2D eigenvalue weighted by molar-refractivity contribution is 0.178. The second-order valence-corrected chi connectivity index (χ2v) is 6.32. The standard InChI is InChI=1S/C19H25N5O2/c1-6-14(11-25-4)15-10-20-24-18(15)21-13(3)22-19(24)23-16-8-7-12(2)9-17(16)26-5/h7-10,14H,6,11H2,1-5H3,(H,21,22,23). The van der Waals surface area contributed by atoms with E-state index in [1.54, 1.807) is 18.7 Å². The first-order valence-corrected chi connectivity index (χ1v) is 8.70. The molecule has 26 heavy (non-hydrogen) atoms. The largest absolute Gasteiger partial charge is 0.495 e. The number of methoxy groups -OCH3 is 2. The number of rotatable bonds is 7. The van der Waals surface area contributed by atoms with E-state index in [1.807, 2.05) is 38.2 Å². The minimum atomic E-state index is 0.244. The van der Waals surface area contributed by atoms with Crippen LogP contribution in [0.5, 0.6) is 5.75 Å². The van der Waals surface area contributed by atoms with Gasteiger partial charge in [0.25, 0.3) is 0 Å². The third-order valence-corrected chi connectivity index (χ3v) is 4.41. The van der Waals surface area contributed by atoms with Gasteiger partial charge >= 0.3 is 0 Å². The van der Waals surface area contributed by atoms with E-state index in [-0.39, 0.29) is 5.92 Å². The summed E-state index contributed by atoms with van der Waals surface area (Å²) in [6.07, 6.45) is 2.81. The van der Waals surface area contributed by atoms with Gasteiger partial charge in [-0.25, -0.2) is 4.98 Å². The van der Waals surface area contributed by atoms with Gasteiger partial charge in [-0.3, -0.25) is 0 Å². The van der Waals surface area contributed by atoms with Crippen LogP contribution in [-0.2, 0) is 4.74 Å². The predicted octanol–water partition coefficient (Wildman–Crippen LogP) is 3.63. The summed E-state index contributed by atoms with van der Waals surface area (Å²) in [7, 11) is 3.37. The molecule has 0 aliphatic carbocycles. The molecule has 3 rings (SSSR count). The quantitative estimate of drug-likeness (QED) is 0.698. The van der Waals surface area contributed by atoms with Crippen molar-refractivity contribution in [1.82, 2.24) is 19.6 Å². The summed E-state index contributed by atoms with van der Waals surface area (Å²) in [5.74, 6) is 2.29. The number of fused-ring (bicyclic) bond motifs is 1. The van der Waals surface area contributed by atoms with Gasteiger partial charge in [0.2, 0.25) is 5.95 Å². The Kier molecular flexibility index (Phi) is 5.37. The fraction of sp³-hybridized carbons (Fsp3) is 0.421. The maximum absolute atomic E-state index is 5.48. The Labute approximate surface area is 153 Å². The summed E-state index contributed by atoms with van der Waals surface area (Å²) in [6, 6.07) is 5.98. The number of ether oxygens (including phenoxy) is 2. The fourth-order valence-electron chi connectivity index (χ4n) is 3.02. The van der Waals surface area contributed by atoms with Gasteiger partial charge in [0.15, 0.2) is 5.65 Å². The fourth-order valence-corrected chi connectivity index (χ4v) is 3.02. The molecule has 7 heteroatoms. The molecule has 0 radical (unpaired) electrons. The van der Waals surface area contributed by atoms with Crippen molar-refractivity contribution in [1.29, 1.82) is 0 Å². The zero-order valence-electron chi connectivity index (χ0n) is 15.9. The number of aromatic nitrogens is 4. The number of aryl methyl sites for hydroxylation is 2. The molecule has 2 aromatic heterocycles. The van der Waals surface area contributed by atoms with Crippen LogP contribution in [0.3, 0.4) is 0 Å². The van der Waals surface area contributed by atoms with E-state index >= 15 is 0 Å². The van der Waals surface area contributed by atoms with Gasteiger partial charge in [-0.1, -0.05) is 13.0 Å². The van der Waals surface area contributed by atoms with Crippen LogP contribution < -0.4 is 10.1 Å². The Bertz CT molecular complexity index is 906. The molecule has 0 aliphatic rings. The lowest BCUT2D eigenvalue weighted by Gasteiger charge is -2.14. The van der Waals surface area contributed by atoms with Crippen LogP contribution in [0, 0.1) is 13.8 Å². The molecular weight excluding hydrogens is 330 g/mol. The summed E-state index contributed by atoms with van der Waals surface area (Å²) in [5, 5.41) is 7.84. The van der Waals surface area contributed by atoms with Gasteiger partial charge in [0, 0.05) is 18.6 Å². The average Bonchev–Trinajstić information content (AvgIpc) is 3.04. The van der Waals surface area contributed by atoms with Crippen LogP contribution in [0.4, 0.5) is 11.6 Å². The maximum atomic E-state index is 5.48. The molecule has 7 nitrogen and oxygen atoms in total. The van der Waals surface area contributed by atoms with Crippen LogP contribution in [0.25, 0.3) is 5.65 Å². The van der Waals surface area contributed by atoms with Gasteiger partial charge < -0.3 is 14.8 Å². The van der Waals surface area contributed by atoms with Crippen molar-refractivity contribution >= 4 is 17.3 Å². The van der Waals surface area contributed by atoms with Crippen LogP contribution >= 0.6 is 0 Å². The molecule has 1 atom stereocenters. The molecule has 2 heterocycles. The predicted molar refractivity (Wildman–Crippen MR) is 101 cm³/mol. The zero-order chi connectivity index (χ0) is 18.7. The summed E-state index contributed by atoms with van der Waals surface area (Å²) in [4.78, 5) is 9.14. The lowest BCUT2D eigenvalue weighted by Crippen LogP contribution is -2.09. The molecule has 3 aromatic rings. The second-order valence-electron chi connectivity index (χ2n) is 6.32. The highest BCUT2D eigenvalue weighted by molar-refractivity contribution is 5.65. The van der Waals surface area contributed by atoms with Crippen molar-refractivity contribution in [3.05, 3.63) is 41.3 Å². The Morgan fingerprint density at radius 2 is 2.00 bits per heavy atom. The highest BCUT2D eigenvalue weighted by Crippen LogP contribution is 2.29. The molecule has 0 saturated heterocycles. The highest BCUT2D eigenvalue weighted by atomic mass is 16.5. The molecule has 0 fully saturated rings. The van der Waals surface area contributed by atoms with E-state index in [0.29, 0.717) is 18.4 Å². The molecule has 0 aliphatic heterocycles. The van der Waals surface area contributed by atoms with E-state index in [9.17, 15) is 0 Å². The monoisotopic (exact) mass is 355 g/mol.